The SMILES string of the molecule is Oc1c2ccccc2cc2ccc(Br)cc12. The van der Waals surface area contributed by atoms with Crippen LogP contribution in [0.1, 0.15) is 0 Å². The molecule has 1 N–H and O–H groups in total. The number of fused-ring (bicyclic) bond motifs is 2. The first-order chi connectivity index (χ1) is 7.75. The van der Waals surface area contributed by atoms with E-state index < -0.39 is 0 Å². The van der Waals surface area contributed by atoms with Crippen molar-refractivity contribution in [1.82, 2.24) is 0 Å². The lowest BCUT2D eigenvalue weighted by atomic mass is 10.0. The Morgan fingerprint density at radius 2 is 1.56 bits per heavy atom. The van der Waals surface area contributed by atoms with Crippen molar-refractivity contribution in [3.05, 3.63) is 53.0 Å². The first-order valence-corrected chi connectivity index (χ1v) is 5.85. The summed E-state index contributed by atoms with van der Waals surface area (Å²) in [5, 5.41) is 14.1. The van der Waals surface area contributed by atoms with Crippen molar-refractivity contribution in [2.45, 2.75) is 0 Å². The van der Waals surface area contributed by atoms with Gasteiger partial charge in [-0.3, -0.25) is 0 Å². The molecule has 0 unspecified atom stereocenters. The fourth-order valence-corrected chi connectivity index (χ4v) is 2.37. The minimum absolute atomic E-state index is 0.356. The lowest BCUT2D eigenvalue weighted by Gasteiger charge is -2.06. The van der Waals surface area contributed by atoms with Crippen LogP contribution in [0, 0.1) is 0 Å². The van der Waals surface area contributed by atoms with Crippen molar-refractivity contribution in [3.8, 4) is 5.75 Å². The fourth-order valence-electron chi connectivity index (χ4n) is 2.01. The number of hydrogen-bond acceptors (Lipinski definition) is 1. The molecule has 2 heteroatoms. The first kappa shape index (κ1) is 9.67. The molecule has 0 aliphatic rings. The number of hydrogen-bond donors (Lipinski definition) is 1. The molecule has 0 amide bonds. The van der Waals surface area contributed by atoms with Gasteiger partial charge in [-0.15, -0.1) is 0 Å². The molecule has 0 bridgehead atoms. The van der Waals surface area contributed by atoms with Gasteiger partial charge in [0, 0.05) is 15.2 Å². The van der Waals surface area contributed by atoms with E-state index in [0.29, 0.717) is 5.75 Å². The summed E-state index contributed by atoms with van der Waals surface area (Å²) in [6, 6.07) is 15.9. The number of halogens is 1. The summed E-state index contributed by atoms with van der Waals surface area (Å²) in [5.41, 5.74) is 0. The van der Waals surface area contributed by atoms with Gasteiger partial charge in [0.15, 0.2) is 0 Å². The number of phenolic OH excluding ortho intramolecular Hbond substituents is 1. The van der Waals surface area contributed by atoms with Gasteiger partial charge in [0.1, 0.15) is 5.75 Å². The Kier molecular flexibility index (Phi) is 2.11. The van der Waals surface area contributed by atoms with Crippen molar-refractivity contribution in [2.75, 3.05) is 0 Å². The van der Waals surface area contributed by atoms with E-state index in [-0.39, 0.29) is 0 Å². The Hall–Kier alpha value is -1.54. The van der Waals surface area contributed by atoms with Gasteiger partial charge in [-0.25, -0.2) is 0 Å². The quantitative estimate of drug-likeness (QED) is 0.599. The summed E-state index contributed by atoms with van der Waals surface area (Å²) in [6.07, 6.45) is 0. The van der Waals surface area contributed by atoms with Crippen molar-refractivity contribution in [2.24, 2.45) is 0 Å². The molecular weight excluding hydrogens is 264 g/mol. The Labute approximate surface area is 101 Å². The van der Waals surface area contributed by atoms with E-state index in [4.69, 9.17) is 0 Å². The standard InChI is InChI=1S/C14H9BrO/c15-11-6-5-10-7-9-3-1-2-4-12(9)14(16)13(10)8-11/h1-8,16H. The predicted octanol–water partition coefficient (Wildman–Crippen LogP) is 4.46. The van der Waals surface area contributed by atoms with E-state index in [1.165, 1.54) is 0 Å². The number of benzene rings is 3. The highest BCUT2D eigenvalue weighted by molar-refractivity contribution is 9.10. The third-order valence-corrected chi connectivity index (χ3v) is 3.29. The highest BCUT2D eigenvalue weighted by Gasteiger charge is 2.05. The van der Waals surface area contributed by atoms with Gasteiger partial charge in [-0.1, -0.05) is 46.3 Å². The molecule has 3 rings (SSSR count). The summed E-state index contributed by atoms with van der Waals surface area (Å²) < 4.78 is 0.977. The molecule has 0 atom stereocenters. The molecule has 0 radical (unpaired) electrons. The molecule has 3 aromatic rings. The second-order valence-corrected chi connectivity index (χ2v) is 4.73. The van der Waals surface area contributed by atoms with E-state index in [1.54, 1.807) is 0 Å². The first-order valence-electron chi connectivity index (χ1n) is 5.06. The average molecular weight is 273 g/mol. The number of rotatable bonds is 0. The molecule has 0 heterocycles. The van der Waals surface area contributed by atoms with E-state index >= 15 is 0 Å². The van der Waals surface area contributed by atoms with Crippen LogP contribution in [0.3, 0.4) is 0 Å². The molecular formula is C14H9BrO. The monoisotopic (exact) mass is 272 g/mol. The van der Waals surface area contributed by atoms with E-state index in [2.05, 4.69) is 22.0 Å². The zero-order valence-electron chi connectivity index (χ0n) is 8.44. The van der Waals surface area contributed by atoms with Gasteiger partial charge in [0.05, 0.1) is 0 Å². The van der Waals surface area contributed by atoms with E-state index in [9.17, 15) is 5.11 Å². The van der Waals surface area contributed by atoms with Crippen LogP contribution in [0.2, 0.25) is 0 Å². The van der Waals surface area contributed by atoms with Crippen LogP contribution >= 0.6 is 15.9 Å². The molecule has 16 heavy (non-hydrogen) atoms. The van der Waals surface area contributed by atoms with Gasteiger partial charge in [0.25, 0.3) is 0 Å². The van der Waals surface area contributed by atoms with Crippen LogP contribution < -0.4 is 0 Å². The van der Waals surface area contributed by atoms with Crippen LogP contribution in [0.25, 0.3) is 21.5 Å². The van der Waals surface area contributed by atoms with Gasteiger partial charge in [-0.05, 0) is 29.0 Å². The third-order valence-electron chi connectivity index (χ3n) is 2.80. The molecule has 0 aromatic heterocycles. The molecule has 0 saturated heterocycles. The summed E-state index contributed by atoms with van der Waals surface area (Å²) in [7, 11) is 0. The molecule has 1 nitrogen and oxygen atoms in total. The largest absolute Gasteiger partial charge is 0.507 e. The lowest BCUT2D eigenvalue weighted by molar-refractivity contribution is 0.488. The summed E-state index contributed by atoms with van der Waals surface area (Å²) in [4.78, 5) is 0. The van der Waals surface area contributed by atoms with Gasteiger partial charge < -0.3 is 5.11 Å². The second kappa shape index (κ2) is 3.49. The Balaban J connectivity index is 2.56. The maximum absolute atomic E-state index is 10.2. The minimum atomic E-state index is 0.356. The zero-order valence-corrected chi connectivity index (χ0v) is 10.0. The van der Waals surface area contributed by atoms with Crippen LogP contribution in [0.5, 0.6) is 5.75 Å². The predicted molar refractivity (Wildman–Crippen MR) is 70.8 cm³/mol. The summed E-state index contributed by atoms with van der Waals surface area (Å²) >= 11 is 3.42. The number of phenols is 1. The van der Waals surface area contributed by atoms with Gasteiger partial charge in [-0.2, -0.15) is 0 Å². The fraction of sp³-hybridized carbons (Fsp3) is 0. The molecule has 78 valence electrons. The maximum Gasteiger partial charge on any atom is 0.131 e. The van der Waals surface area contributed by atoms with Crippen LogP contribution in [-0.4, -0.2) is 5.11 Å². The number of aromatic hydroxyl groups is 1. The van der Waals surface area contributed by atoms with Crippen molar-refractivity contribution in [1.29, 1.82) is 0 Å². The Bertz CT molecular complexity index is 689. The summed E-state index contributed by atoms with van der Waals surface area (Å²) in [5.74, 6) is 0.356. The van der Waals surface area contributed by atoms with Crippen molar-refractivity contribution < 1.29 is 5.11 Å². The topological polar surface area (TPSA) is 20.2 Å². The normalized spacial score (nSPS) is 11.1. The van der Waals surface area contributed by atoms with E-state index in [1.807, 2.05) is 42.5 Å². The highest BCUT2D eigenvalue weighted by Crippen LogP contribution is 2.34. The van der Waals surface area contributed by atoms with Crippen LogP contribution in [0.15, 0.2) is 53.0 Å². The van der Waals surface area contributed by atoms with Crippen LogP contribution in [0.4, 0.5) is 0 Å². The second-order valence-electron chi connectivity index (χ2n) is 3.81. The van der Waals surface area contributed by atoms with E-state index in [0.717, 1.165) is 26.0 Å². The molecule has 0 saturated carbocycles. The van der Waals surface area contributed by atoms with Gasteiger partial charge in [0.2, 0.25) is 0 Å². The Morgan fingerprint density at radius 3 is 2.44 bits per heavy atom. The molecule has 0 spiro atoms. The smallest absolute Gasteiger partial charge is 0.131 e. The van der Waals surface area contributed by atoms with Gasteiger partial charge >= 0.3 is 0 Å². The third kappa shape index (κ3) is 1.38. The minimum Gasteiger partial charge on any atom is -0.507 e. The highest BCUT2D eigenvalue weighted by atomic mass is 79.9. The maximum atomic E-state index is 10.2. The molecule has 3 aromatic carbocycles. The molecule has 0 fully saturated rings. The van der Waals surface area contributed by atoms with Crippen molar-refractivity contribution in [3.63, 3.8) is 0 Å². The van der Waals surface area contributed by atoms with Crippen molar-refractivity contribution >= 4 is 37.5 Å². The molecule has 0 aliphatic carbocycles. The van der Waals surface area contributed by atoms with Crippen LogP contribution in [-0.2, 0) is 0 Å². The average Bonchev–Trinajstić information content (AvgIpc) is 2.31. The summed E-state index contributed by atoms with van der Waals surface area (Å²) in [6.45, 7) is 0. The molecule has 0 aliphatic heterocycles. The zero-order chi connectivity index (χ0) is 11.1. The Morgan fingerprint density at radius 1 is 0.812 bits per heavy atom. The lowest BCUT2D eigenvalue weighted by Crippen LogP contribution is -1.78.